The third kappa shape index (κ3) is 5.44. The van der Waals surface area contributed by atoms with E-state index in [1.54, 1.807) is 48.6 Å². The first-order chi connectivity index (χ1) is 14.9. The van der Waals surface area contributed by atoms with Crippen molar-refractivity contribution in [3.05, 3.63) is 77.0 Å². The molecule has 0 bridgehead atoms. The van der Waals surface area contributed by atoms with Crippen molar-refractivity contribution in [1.82, 2.24) is 14.9 Å². The van der Waals surface area contributed by atoms with E-state index in [0.717, 1.165) is 16.8 Å². The molecular weight excluding hydrogens is 395 g/mol. The molecule has 1 unspecified atom stereocenters. The van der Waals surface area contributed by atoms with E-state index < -0.39 is 12.0 Å². The van der Waals surface area contributed by atoms with Gasteiger partial charge in [-0.25, -0.2) is 9.37 Å². The van der Waals surface area contributed by atoms with Crippen LogP contribution < -0.4 is 5.73 Å². The number of nitrogen functional groups attached to an aromatic ring is 1. The molecule has 0 aliphatic carbocycles. The van der Waals surface area contributed by atoms with Gasteiger partial charge in [0.15, 0.2) is 0 Å². The molecule has 0 saturated heterocycles. The zero-order chi connectivity index (χ0) is 22.4. The van der Waals surface area contributed by atoms with Gasteiger partial charge in [-0.15, -0.1) is 0 Å². The molecule has 2 aromatic heterocycles. The lowest BCUT2D eigenvalue weighted by atomic mass is 9.97. The zero-order valence-electron chi connectivity index (χ0n) is 17.5. The van der Waals surface area contributed by atoms with Gasteiger partial charge in [0.2, 0.25) is 0 Å². The molecule has 6 nitrogen and oxygen atoms in total. The topological polar surface area (TPSA) is 95.5 Å². The third-order valence-electron chi connectivity index (χ3n) is 4.93. The van der Waals surface area contributed by atoms with Crippen molar-refractivity contribution in [3.8, 4) is 23.0 Å². The van der Waals surface area contributed by atoms with Crippen molar-refractivity contribution in [2.75, 3.05) is 25.9 Å². The van der Waals surface area contributed by atoms with Crippen molar-refractivity contribution >= 4 is 5.82 Å². The number of anilines is 1. The first-order valence-corrected chi connectivity index (χ1v) is 9.89. The number of nitrogens with zero attached hydrogens (tertiary/aromatic N) is 3. The quantitative estimate of drug-likeness (QED) is 0.419. The van der Waals surface area contributed by atoms with Crippen LogP contribution in [0.2, 0.25) is 0 Å². The number of pyridine rings is 2. The lowest BCUT2D eigenvalue weighted by Crippen LogP contribution is -2.26. The predicted molar refractivity (Wildman–Crippen MR) is 118 cm³/mol. The van der Waals surface area contributed by atoms with Gasteiger partial charge in [0.05, 0.1) is 11.3 Å². The summed E-state index contributed by atoms with van der Waals surface area (Å²) in [4.78, 5) is 9.97. The third-order valence-corrected chi connectivity index (χ3v) is 4.93. The number of aliphatic hydroxyl groups excluding tert-OH is 2. The van der Waals surface area contributed by atoms with E-state index in [9.17, 15) is 9.50 Å². The molecule has 4 N–H and O–H groups in total. The Labute approximate surface area is 181 Å². The summed E-state index contributed by atoms with van der Waals surface area (Å²) in [6.45, 7) is 2.29. The van der Waals surface area contributed by atoms with Gasteiger partial charge < -0.3 is 15.9 Å². The zero-order valence-corrected chi connectivity index (χ0v) is 17.5. The minimum atomic E-state index is -1.13. The molecule has 3 aromatic rings. The van der Waals surface area contributed by atoms with Crippen LogP contribution in [0.4, 0.5) is 10.2 Å². The van der Waals surface area contributed by atoms with Crippen LogP contribution in [0.1, 0.15) is 35.0 Å². The lowest BCUT2D eigenvalue weighted by Gasteiger charge is -2.24. The fourth-order valence-electron chi connectivity index (χ4n) is 3.17. The highest BCUT2D eigenvalue weighted by Crippen LogP contribution is 2.29. The van der Waals surface area contributed by atoms with Crippen LogP contribution in [-0.4, -0.2) is 45.3 Å². The fraction of sp³-hybridized carbons (Fsp3) is 0.250. The molecule has 0 spiro atoms. The summed E-state index contributed by atoms with van der Waals surface area (Å²) in [6.07, 6.45) is 2.62. The average Bonchev–Trinajstić information content (AvgIpc) is 2.77. The molecule has 7 heteroatoms. The number of hydrogen-bond donors (Lipinski definition) is 3. The number of rotatable bonds is 6. The Balaban J connectivity index is 2.00. The number of benzene rings is 1. The van der Waals surface area contributed by atoms with Crippen molar-refractivity contribution in [1.29, 1.82) is 0 Å². The second kappa shape index (κ2) is 10.1. The molecule has 0 aliphatic heterocycles. The van der Waals surface area contributed by atoms with Crippen LogP contribution in [0.25, 0.3) is 11.1 Å². The van der Waals surface area contributed by atoms with Crippen LogP contribution in [0.3, 0.4) is 0 Å². The number of nitrogens with two attached hydrogens (primary N) is 1. The Bertz CT molecular complexity index is 1110. The summed E-state index contributed by atoms with van der Waals surface area (Å²) in [7, 11) is 1.68. The van der Waals surface area contributed by atoms with Gasteiger partial charge in [0, 0.05) is 42.2 Å². The molecule has 0 aliphatic rings. The molecule has 1 atom stereocenters. The van der Waals surface area contributed by atoms with E-state index in [0.29, 0.717) is 29.9 Å². The van der Waals surface area contributed by atoms with Gasteiger partial charge in [0.1, 0.15) is 17.9 Å². The molecule has 3 rings (SSSR count). The predicted octanol–water partition coefficient (Wildman–Crippen LogP) is 2.88. The minimum absolute atomic E-state index is 0.00142. The highest BCUT2D eigenvalue weighted by molar-refractivity contribution is 5.73. The minimum Gasteiger partial charge on any atom is -0.396 e. The van der Waals surface area contributed by atoms with Crippen LogP contribution in [0.15, 0.2) is 48.8 Å². The molecule has 160 valence electrons. The molecule has 31 heavy (non-hydrogen) atoms. The molecular formula is C24H25FN4O2. The number of hydrogen-bond acceptors (Lipinski definition) is 6. The summed E-state index contributed by atoms with van der Waals surface area (Å²) in [5.74, 6) is 6.13. The Kier molecular flexibility index (Phi) is 7.32. The summed E-state index contributed by atoms with van der Waals surface area (Å²) in [5, 5.41) is 19.6. The van der Waals surface area contributed by atoms with E-state index >= 15 is 0 Å². The van der Waals surface area contributed by atoms with Gasteiger partial charge in [-0.3, -0.25) is 9.88 Å². The molecule has 0 saturated carbocycles. The lowest BCUT2D eigenvalue weighted by molar-refractivity contribution is 0.0148. The molecule has 0 amide bonds. The van der Waals surface area contributed by atoms with Gasteiger partial charge in [-0.1, -0.05) is 17.9 Å². The molecule has 2 heterocycles. The maximum Gasteiger partial charge on any atom is 0.136 e. The SMILES string of the molecule is Cc1nccc(-c2ccc(F)c(C(O)N(C)CCCO)c2)c1C#Cc1ccc(N)nc1. The smallest absolute Gasteiger partial charge is 0.136 e. The Morgan fingerprint density at radius 2 is 1.97 bits per heavy atom. The number of aromatic nitrogens is 2. The van der Waals surface area contributed by atoms with Crippen LogP contribution >= 0.6 is 0 Å². The molecule has 1 aromatic carbocycles. The summed E-state index contributed by atoms with van der Waals surface area (Å²) in [6, 6.07) is 9.91. The van der Waals surface area contributed by atoms with Crippen molar-refractivity contribution < 1.29 is 14.6 Å². The number of aryl methyl sites for hydroxylation is 1. The van der Waals surface area contributed by atoms with Gasteiger partial charge in [-0.05, 0) is 56.3 Å². The van der Waals surface area contributed by atoms with E-state index in [1.807, 2.05) is 13.0 Å². The van der Waals surface area contributed by atoms with Gasteiger partial charge in [-0.2, -0.15) is 0 Å². The van der Waals surface area contributed by atoms with E-state index in [4.69, 9.17) is 10.8 Å². The first-order valence-electron chi connectivity index (χ1n) is 9.89. The van der Waals surface area contributed by atoms with Crippen LogP contribution in [-0.2, 0) is 0 Å². The first kappa shape index (κ1) is 22.4. The Morgan fingerprint density at radius 1 is 1.16 bits per heavy atom. The highest BCUT2D eigenvalue weighted by atomic mass is 19.1. The standard InChI is InChI=1S/C24H25FN4O2/c1-16-19(7-4-17-5-9-23(26)28-15-17)20(10-11-27-16)18-6-8-22(25)21(14-18)24(31)29(2)12-3-13-30/h5-6,8-11,14-15,24,30-31H,3,12-13H2,1-2H3,(H2,26,28). The van der Waals surface area contributed by atoms with Crippen molar-refractivity contribution in [3.63, 3.8) is 0 Å². The maximum absolute atomic E-state index is 14.5. The Hall–Kier alpha value is -3.31. The summed E-state index contributed by atoms with van der Waals surface area (Å²) < 4.78 is 14.5. The summed E-state index contributed by atoms with van der Waals surface area (Å²) >= 11 is 0. The number of aliphatic hydroxyl groups is 2. The van der Waals surface area contributed by atoms with E-state index in [1.165, 1.54) is 6.07 Å². The number of halogens is 1. The van der Waals surface area contributed by atoms with Gasteiger partial charge in [0.25, 0.3) is 0 Å². The maximum atomic E-state index is 14.5. The highest BCUT2D eigenvalue weighted by Gasteiger charge is 2.19. The summed E-state index contributed by atoms with van der Waals surface area (Å²) in [5.41, 5.74) is 9.44. The fourth-order valence-corrected chi connectivity index (χ4v) is 3.17. The van der Waals surface area contributed by atoms with Gasteiger partial charge >= 0.3 is 0 Å². The second-order valence-corrected chi connectivity index (χ2v) is 7.21. The Morgan fingerprint density at radius 3 is 2.68 bits per heavy atom. The van der Waals surface area contributed by atoms with E-state index in [-0.39, 0.29) is 12.2 Å². The molecule has 0 fully saturated rings. The largest absolute Gasteiger partial charge is 0.396 e. The van der Waals surface area contributed by atoms with Crippen molar-refractivity contribution in [2.45, 2.75) is 19.6 Å². The molecule has 0 radical (unpaired) electrons. The average molecular weight is 420 g/mol. The monoisotopic (exact) mass is 420 g/mol. The second-order valence-electron chi connectivity index (χ2n) is 7.21. The van der Waals surface area contributed by atoms with Crippen LogP contribution in [0, 0.1) is 24.6 Å². The van der Waals surface area contributed by atoms with E-state index in [2.05, 4.69) is 21.8 Å². The normalized spacial score (nSPS) is 11.8. The van der Waals surface area contributed by atoms with Crippen LogP contribution in [0.5, 0.6) is 0 Å². The van der Waals surface area contributed by atoms with Crippen molar-refractivity contribution in [2.24, 2.45) is 0 Å².